The second kappa shape index (κ2) is 12.0. The third-order valence-corrected chi connectivity index (χ3v) is 8.34. The van der Waals surface area contributed by atoms with Gasteiger partial charge in [0, 0.05) is 52.8 Å². The molecule has 2 saturated heterocycles. The minimum Gasteiger partial charge on any atom is -0.462 e. The summed E-state index contributed by atoms with van der Waals surface area (Å²) in [5.74, 6) is 1.33. The average Bonchev–Trinajstić information content (AvgIpc) is 3.34. The Hall–Kier alpha value is -1.22. The molecule has 4 rings (SSSR count). The van der Waals surface area contributed by atoms with Gasteiger partial charge in [0.05, 0.1) is 12.2 Å². The van der Waals surface area contributed by atoms with Gasteiger partial charge < -0.3 is 24.8 Å². The molecule has 2 saturated carbocycles. The Morgan fingerprint density at radius 1 is 1.18 bits per heavy atom. The zero-order valence-electron chi connectivity index (χ0n) is 20.4. The quantitative estimate of drug-likeness (QED) is 0.398. The molecule has 2 aliphatic heterocycles. The molecule has 2 heterocycles. The first-order chi connectivity index (χ1) is 16.0. The van der Waals surface area contributed by atoms with Crippen molar-refractivity contribution >= 4 is 11.9 Å². The van der Waals surface area contributed by atoms with E-state index in [4.69, 9.17) is 14.2 Å². The van der Waals surface area contributed by atoms with Crippen LogP contribution in [0.2, 0.25) is 0 Å². The third-order valence-electron chi connectivity index (χ3n) is 8.34. The van der Waals surface area contributed by atoms with Crippen molar-refractivity contribution in [2.75, 3.05) is 40.0 Å². The molecule has 4 fully saturated rings. The van der Waals surface area contributed by atoms with Crippen molar-refractivity contribution in [1.82, 2.24) is 15.5 Å². The number of amides is 1. The number of ether oxygens (including phenoxy) is 3. The summed E-state index contributed by atoms with van der Waals surface area (Å²) in [6.45, 7) is 6.56. The zero-order valence-corrected chi connectivity index (χ0v) is 20.4. The minimum absolute atomic E-state index is 0.0292. The Bertz CT molecular complexity index is 648. The number of hydrogen-bond donors (Lipinski definition) is 2. The lowest BCUT2D eigenvalue weighted by Crippen LogP contribution is -2.48. The van der Waals surface area contributed by atoms with E-state index in [0.29, 0.717) is 43.2 Å². The molecule has 4 aliphatic rings. The minimum atomic E-state index is -0.487. The molecule has 33 heavy (non-hydrogen) atoms. The lowest BCUT2D eigenvalue weighted by Gasteiger charge is -2.46. The van der Waals surface area contributed by atoms with Gasteiger partial charge in [-0.25, -0.2) is 0 Å². The maximum Gasteiger partial charge on any atom is 0.306 e. The Morgan fingerprint density at radius 3 is 2.70 bits per heavy atom. The fraction of sp³-hybridized carbons (Fsp3) is 0.920. The molecule has 0 bridgehead atoms. The van der Waals surface area contributed by atoms with Gasteiger partial charge in [0.1, 0.15) is 12.2 Å². The van der Waals surface area contributed by atoms with Crippen molar-refractivity contribution in [1.29, 1.82) is 0 Å². The maximum atomic E-state index is 12.5. The molecular formula is C25H43N3O5. The van der Waals surface area contributed by atoms with Gasteiger partial charge in [0.15, 0.2) is 0 Å². The molecule has 0 aromatic heterocycles. The average molecular weight is 466 g/mol. The van der Waals surface area contributed by atoms with E-state index in [0.717, 1.165) is 71.2 Å². The van der Waals surface area contributed by atoms with Gasteiger partial charge in [0.25, 0.3) is 0 Å². The number of rotatable bonds is 9. The van der Waals surface area contributed by atoms with Crippen LogP contribution in [0.1, 0.15) is 64.7 Å². The molecule has 0 radical (unpaired) electrons. The Kier molecular flexibility index (Phi) is 9.02. The fourth-order valence-corrected chi connectivity index (χ4v) is 6.45. The SMILES string of the molecule is COC1CCC(C2CC(=O)OC3CC(OC(C)C(=O)NCCCN4CCNC4)CCC32)CC1. The Balaban J connectivity index is 1.20. The Labute approximate surface area is 198 Å². The molecular weight excluding hydrogens is 422 g/mol. The van der Waals surface area contributed by atoms with Gasteiger partial charge in [-0.05, 0) is 69.6 Å². The highest BCUT2D eigenvalue weighted by Crippen LogP contribution is 2.46. The highest BCUT2D eigenvalue weighted by Gasteiger charge is 2.46. The van der Waals surface area contributed by atoms with Gasteiger partial charge in [-0.2, -0.15) is 0 Å². The first-order valence-electron chi connectivity index (χ1n) is 13.1. The van der Waals surface area contributed by atoms with Crippen LogP contribution >= 0.6 is 0 Å². The highest BCUT2D eigenvalue weighted by atomic mass is 16.6. The second-order valence-electron chi connectivity index (χ2n) is 10.5. The molecule has 0 spiro atoms. The van der Waals surface area contributed by atoms with Gasteiger partial charge in [0.2, 0.25) is 5.91 Å². The molecule has 5 atom stereocenters. The van der Waals surface area contributed by atoms with Crippen LogP contribution in [0.3, 0.4) is 0 Å². The van der Waals surface area contributed by atoms with Crippen molar-refractivity contribution in [3.8, 4) is 0 Å². The normalized spacial score (nSPS) is 36.1. The number of methoxy groups -OCH3 is 1. The van der Waals surface area contributed by atoms with Crippen molar-refractivity contribution in [2.45, 2.75) is 89.1 Å². The molecule has 5 unspecified atom stereocenters. The van der Waals surface area contributed by atoms with Gasteiger partial charge >= 0.3 is 5.97 Å². The molecule has 8 heteroatoms. The van der Waals surface area contributed by atoms with E-state index in [9.17, 15) is 9.59 Å². The van der Waals surface area contributed by atoms with Crippen molar-refractivity contribution in [2.24, 2.45) is 17.8 Å². The number of carbonyl (C=O) groups is 2. The van der Waals surface area contributed by atoms with E-state index in [1.807, 2.05) is 6.92 Å². The number of hydrogen-bond acceptors (Lipinski definition) is 7. The first kappa shape index (κ1) is 24.9. The van der Waals surface area contributed by atoms with Gasteiger partial charge in [-0.3, -0.25) is 14.5 Å². The molecule has 0 aromatic rings. The van der Waals surface area contributed by atoms with Crippen LogP contribution in [0, 0.1) is 17.8 Å². The third kappa shape index (κ3) is 6.68. The van der Waals surface area contributed by atoms with Crippen LogP contribution in [0.4, 0.5) is 0 Å². The lowest BCUT2D eigenvalue weighted by atomic mass is 9.65. The summed E-state index contributed by atoms with van der Waals surface area (Å²) in [7, 11) is 1.80. The van der Waals surface area contributed by atoms with E-state index in [-0.39, 0.29) is 24.1 Å². The van der Waals surface area contributed by atoms with E-state index in [1.165, 1.54) is 0 Å². The summed E-state index contributed by atoms with van der Waals surface area (Å²) in [6.07, 6.45) is 8.42. The van der Waals surface area contributed by atoms with Gasteiger partial charge in [-0.15, -0.1) is 0 Å². The fourth-order valence-electron chi connectivity index (χ4n) is 6.45. The van der Waals surface area contributed by atoms with Crippen LogP contribution < -0.4 is 10.6 Å². The van der Waals surface area contributed by atoms with Crippen LogP contribution in [-0.2, 0) is 23.8 Å². The molecule has 2 N–H and O–H groups in total. The van der Waals surface area contributed by atoms with E-state index in [2.05, 4.69) is 15.5 Å². The number of nitrogens with zero attached hydrogens (tertiary/aromatic N) is 1. The summed E-state index contributed by atoms with van der Waals surface area (Å²) in [5.41, 5.74) is 0. The summed E-state index contributed by atoms with van der Waals surface area (Å²) < 4.78 is 17.5. The number of nitrogens with one attached hydrogen (secondary N) is 2. The molecule has 8 nitrogen and oxygen atoms in total. The summed E-state index contributed by atoms with van der Waals surface area (Å²) >= 11 is 0. The largest absolute Gasteiger partial charge is 0.462 e. The molecule has 2 aliphatic carbocycles. The standard InChI is InChI=1S/C25H43N3O5/c1-17(25(30)27-10-3-12-28-13-11-26-16-28)32-20-8-9-21-22(15-24(29)33-23(21)14-20)18-4-6-19(31-2)7-5-18/h17-23,26H,3-16H2,1-2H3,(H,27,30). The van der Waals surface area contributed by atoms with E-state index >= 15 is 0 Å². The van der Waals surface area contributed by atoms with Gasteiger partial charge in [-0.1, -0.05) is 0 Å². The number of fused-ring (bicyclic) bond motifs is 1. The van der Waals surface area contributed by atoms with Crippen LogP contribution in [0.5, 0.6) is 0 Å². The van der Waals surface area contributed by atoms with Crippen LogP contribution in [0.15, 0.2) is 0 Å². The monoisotopic (exact) mass is 465 g/mol. The smallest absolute Gasteiger partial charge is 0.306 e. The predicted octanol–water partition coefficient (Wildman–Crippen LogP) is 2.07. The van der Waals surface area contributed by atoms with E-state index in [1.54, 1.807) is 7.11 Å². The summed E-state index contributed by atoms with van der Waals surface area (Å²) in [5, 5.41) is 6.33. The van der Waals surface area contributed by atoms with Crippen molar-refractivity contribution in [3.63, 3.8) is 0 Å². The zero-order chi connectivity index (χ0) is 23.2. The molecule has 0 aromatic carbocycles. The second-order valence-corrected chi connectivity index (χ2v) is 10.5. The first-order valence-corrected chi connectivity index (χ1v) is 13.1. The molecule has 1 amide bonds. The molecule has 188 valence electrons. The van der Waals surface area contributed by atoms with Crippen LogP contribution in [-0.4, -0.2) is 81.1 Å². The summed E-state index contributed by atoms with van der Waals surface area (Å²) in [4.78, 5) is 27.3. The van der Waals surface area contributed by atoms with Crippen LogP contribution in [0.25, 0.3) is 0 Å². The maximum absolute atomic E-state index is 12.5. The number of carbonyl (C=O) groups excluding carboxylic acids is 2. The van der Waals surface area contributed by atoms with Crippen molar-refractivity contribution < 1.29 is 23.8 Å². The highest BCUT2D eigenvalue weighted by molar-refractivity contribution is 5.80. The lowest BCUT2D eigenvalue weighted by molar-refractivity contribution is -0.178. The topological polar surface area (TPSA) is 89.1 Å². The summed E-state index contributed by atoms with van der Waals surface area (Å²) in [6, 6.07) is 0. The number of esters is 1. The van der Waals surface area contributed by atoms with E-state index < -0.39 is 6.10 Å². The van der Waals surface area contributed by atoms with Crippen molar-refractivity contribution in [3.05, 3.63) is 0 Å². The predicted molar refractivity (Wildman–Crippen MR) is 124 cm³/mol. The Morgan fingerprint density at radius 2 is 1.97 bits per heavy atom.